The van der Waals surface area contributed by atoms with Crippen molar-refractivity contribution in [2.75, 3.05) is 51.4 Å². The first-order valence-electron chi connectivity index (χ1n) is 11.1. The smallest absolute Gasteiger partial charge is 0.327 e. The van der Waals surface area contributed by atoms with E-state index in [9.17, 15) is 9.59 Å². The normalized spacial score (nSPS) is 18.5. The molecule has 0 bridgehead atoms. The van der Waals surface area contributed by atoms with Crippen molar-refractivity contribution < 1.29 is 19.1 Å². The molecule has 2 aromatic rings. The summed E-state index contributed by atoms with van der Waals surface area (Å²) in [5.41, 5.74) is 0.934. The van der Waals surface area contributed by atoms with E-state index in [-0.39, 0.29) is 11.9 Å². The second-order valence-corrected chi connectivity index (χ2v) is 7.77. The van der Waals surface area contributed by atoms with Gasteiger partial charge in [-0.25, -0.2) is 4.79 Å². The maximum Gasteiger partial charge on any atom is 0.327 e. The molecule has 10 nitrogen and oxygen atoms in total. The Morgan fingerprint density at radius 2 is 1.88 bits per heavy atom. The molecule has 2 aliphatic heterocycles. The highest BCUT2D eigenvalue weighted by Crippen LogP contribution is 2.28. The van der Waals surface area contributed by atoms with E-state index in [2.05, 4.69) is 19.7 Å². The summed E-state index contributed by atoms with van der Waals surface area (Å²) in [6.07, 6.45) is 0.812. The summed E-state index contributed by atoms with van der Waals surface area (Å²) < 4.78 is 12.9. The van der Waals surface area contributed by atoms with Gasteiger partial charge in [-0.3, -0.25) is 14.3 Å². The van der Waals surface area contributed by atoms with Gasteiger partial charge in [-0.1, -0.05) is 0 Å². The van der Waals surface area contributed by atoms with E-state index in [1.807, 2.05) is 38.1 Å². The van der Waals surface area contributed by atoms with E-state index in [1.54, 1.807) is 12.0 Å². The first kappa shape index (κ1) is 22.1. The fourth-order valence-corrected chi connectivity index (χ4v) is 4.28. The average Bonchev–Trinajstić information content (AvgIpc) is 3.35. The highest BCUT2D eigenvalue weighted by atomic mass is 16.5. The van der Waals surface area contributed by atoms with E-state index < -0.39 is 6.04 Å². The van der Waals surface area contributed by atoms with Crippen LogP contribution in [-0.2, 0) is 16.1 Å². The number of fused-ring (bicyclic) bond motifs is 1. The van der Waals surface area contributed by atoms with E-state index in [4.69, 9.17) is 9.47 Å². The van der Waals surface area contributed by atoms with Gasteiger partial charge < -0.3 is 19.3 Å². The van der Waals surface area contributed by atoms with Crippen LogP contribution in [0, 0.1) is 0 Å². The number of imide groups is 1. The molecule has 1 atom stereocenters. The minimum Gasteiger partial charge on any atom is -0.497 e. The lowest BCUT2D eigenvalue weighted by Crippen LogP contribution is -2.53. The summed E-state index contributed by atoms with van der Waals surface area (Å²) in [5.74, 6) is 2.10. The third-order valence-electron chi connectivity index (χ3n) is 5.96. The van der Waals surface area contributed by atoms with Gasteiger partial charge >= 0.3 is 6.03 Å². The number of aromatic nitrogens is 3. The number of rotatable bonds is 9. The molecule has 4 rings (SSSR count). The number of nitrogens with zero attached hydrogens (tertiary/aromatic N) is 6. The van der Waals surface area contributed by atoms with Crippen molar-refractivity contribution in [1.82, 2.24) is 24.6 Å². The minimum absolute atomic E-state index is 0.139. The Morgan fingerprint density at radius 3 is 2.56 bits per heavy atom. The largest absolute Gasteiger partial charge is 0.497 e. The highest BCUT2D eigenvalue weighted by Gasteiger charge is 2.47. The Morgan fingerprint density at radius 1 is 1.09 bits per heavy atom. The molecule has 3 amide bonds. The average molecular weight is 443 g/mol. The summed E-state index contributed by atoms with van der Waals surface area (Å²) in [5, 5.41) is 8.97. The van der Waals surface area contributed by atoms with Gasteiger partial charge in [0, 0.05) is 45.0 Å². The van der Waals surface area contributed by atoms with Crippen LogP contribution in [-0.4, -0.2) is 89.0 Å². The molecule has 1 aromatic carbocycles. The van der Waals surface area contributed by atoms with Gasteiger partial charge in [-0.2, -0.15) is 0 Å². The lowest BCUT2D eigenvalue weighted by Gasteiger charge is -2.35. The van der Waals surface area contributed by atoms with Crippen LogP contribution < -0.4 is 9.64 Å². The number of carbonyl (C=O) groups excluding carboxylic acids is 2. The van der Waals surface area contributed by atoms with Crippen LogP contribution in [0.3, 0.4) is 0 Å². The minimum atomic E-state index is -0.478. The van der Waals surface area contributed by atoms with Crippen molar-refractivity contribution in [1.29, 1.82) is 0 Å². The number of amides is 3. The fraction of sp³-hybridized carbons (Fsp3) is 0.545. The van der Waals surface area contributed by atoms with Crippen molar-refractivity contribution in [2.45, 2.75) is 32.9 Å². The summed E-state index contributed by atoms with van der Waals surface area (Å²) in [6.45, 7) is 7.68. The quantitative estimate of drug-likeness (QED) is 0.432. The molecule has 0 radical (unpaired) electrons. The molecular weight excluding hydrogens is 412 g/mol. The van der Waals surface area contributed by atoms with Crippen molar-refractivity contribution in [3.63, 3.8) is 0 Å². The first-order valence-corrected chi connectivity index (χ1v) is 11.1. The van der Waals surface area contributed by atoms with Gasteiger partial charge in [0.05, 0.1) is 13.7 Å². The molecular formula is C22H30N6O4. The number of methoxy groups -OCH3 is 1. The van der Waals surface area contributed by atoms with Gasteiger partial charge in [0.15, 0.2) is 5.82 Å². The summed E-state index contributed by atoms with van der Waals surface area (Å²) in [6, 6.07) is 7.04. The van der Waals surface area contributed by atoms with Crippen molar-refractivity contribution in [3.8, 4) is 17.1 Å². The zero-order chi connectivity index (χ0) is 22.7. The predicted octanol–water partition coefficient (Wildman–Crippen LogP) is 1.85. The van der Waals surface area contributed by atoms with Crippen LogP contribution in [0.4, 0.5) is 10.7 Å². The second kappa shape index (κ2) is 9.56. The van der Waals surface area contributed by atoms with E-state index >= 15 is 0 Å². The van der Waals surface area contributed by atoms with Gasteiger partial charge in [0.2, 0.25) is 5.95 Å². The number of benzene rings is 1. The molecule has 1 unspecified atom stereocenters. The Bertz CT molecular complexity index is 960. The number of hydrogen-bond donors (Lipinski definition) is 0. The maximum atomic E-state index is 12.7. The molecule has 10 heteroatoms. The Balaban J connectivity index is 1.61. The van der Waals surface area contributed by atoms with E-state index in [0.717, 1.165) is 23.6 Å². The lowest BCUT2D eigenvalue weighted by atomic mass is 10.2. The zero-order valence-electron chi connectivity index (χ0n) is 18.9. The third kappa shape index (κ3) is 4.02. The van der Waals surface area contributed by atoms with Crippen LogP contribution in [0.15, 0.2) is 24.3 Å². The van der Waals surface area contributed by atoms with Crippen molar-refractivity contribution >= 4 is 17.9 Å². The summed E-state index contributed by atoms with van der Waals surface area (Å²) in [4.78, 5) is 30.3. The van der Waals surface area contributed by atoms with Crippen LogP contribution in [0.5, 0.6) is 5.75 Å². The van der Waals surface area contributed by atoms with Crippen molar-refractivity contribution in [2.24, 2.45) is 0 Å². The number of hydrogen-bond acceptors (Lipinski definition) is 7. The summed E-state index contributed by atoms with van der Waals surface area (Å²) >= 11 is 0. The van der Waals surface area contributed by atoms with Gasteiger partial charge in [0.25, 0.3) is 5.91 Å². The molecule has 2 fully saturated rings. The van der Waals surface area contributed by atoms with E-state index in [1.165, 1.54) is 4.90 Å². The van der Waals surface area contributed by atoms with Crippen LogP contribution in [0.25, 0.3) is 11.4 Å². The van der Waals surface area contributed by atoms with E-state index in [0.29, 0.717) is 51.9 Å². The Kier molecular flexibility index (Phi) is 6.59. The van der Waals surface area contributed by atoms with Gasteiger partial charge in [-0.05, 0) is 44.5 Å². The SMILES string of the molecule is CCOCCCn1c(-c2ccc(OC)cc2)nnc1N1CCN2C(=O)N(CC)C(=O)C2C1. The molecule has 3 heterocycles. The molecule has 0 saturated carbocycles. The van der Waals surface area contributed by atoms with Gasteiger partial charge in [-0.15, -0.1) is 10.2 Å². The van der Waals surface area contributed by atoms with Crippen LogP contribution >= 0.6 is 0 Å². The molecule has 0 aliphatic carbocycles. The number of likely N-dealkylation sites (N-methyl/N-ethyl adjacent to an activating group) is 1. The molecule has 0 spiro atoms. The molecule has 172 valence electrons. The standard InChI is InChI=1S/C22H30N6O4/c1-4-26-20(29)18-15-25(12-13-27(18)22(26)30)21-24-23-19(28(21)11-6-14-32-5-2)16-7-9-17(31-3)10-8-16/h7-10,18H,4-6,11-15H2,1-3H3. The van der Waals surface area contributed by atoms with Crippen LogP contribution in [0.2, 0.25) is 0 Å². The lowest BCUT2D eigenvalue weighted by molar-refractivity contribution is -0.128. The first-order chi connectivity index (χ1) is 15.6. The summed E-state index contributed by atoms with van der Waals surface area (Å²) in [7, 11) is 1.64. The number of ether oxygens (including phenoxy) is 2. The number of piperazine rings is 1. The Hall–Kier alpha value is -3.14. The topological polar surface area (TPSA) is 93.0 Å². The Labute approximate surface area is 187 Å². The predicted molar refractivity (Wildman–Crippen MR) is 119 cm³/mol. The highest BCUT2D eigenvalue weighted by molar-refractivity contribution is 6.04. The number of anilines is 1. The van der Waals surface area contributed by atoms with Crippen molar-refractivity contribution in [3.05, 3.63) is 24.3 Å². The second-order valence-electron chi connectivity index (χ2n) is 7.77. The zero-order valence-corrected chi connectivity index (χ0v) is 18.9. The fourth-order valence-electron chi connectivity index (χ4n) is 4.28. The maximum absolute atomic E-state index is 12.7. The number of urea groups is 1. The molecule has 32 heavy (non-hydrogen) atoms. The molecule has 2 saturated heterocycles. The monoisotopic (exact) mass is 442 g/mol. The van der Waals surface area contributed by atoms with Crippen LogP contribution in [0.1, 0.15) is 20.3 Å². The number of carbonyl (C=O) groups is 2. The molecule has 1 aromatic heterocycles. The molecule has 0 N–H and O–H groups in total. The molecule has 2 aliphatic rings. The third-order valence-corrected chi connectivity index (χ3v) is 5.96. The van der Waals surface area contributed by atoms with Gasteiger partial charge in [0.1, 0.15) is 11.8 Å².